The van der Waals surface area contributed by atoms with Gasteiger partial charge in [-0.2, -0.15) is 0 Å². The summed E-state index contributed by atoms with van der Waals surface area (Å²) in [6.07, 6.45) is 6.26. The molecule has 0 fully saturated rings. The van der Waals surface area contributed by atoms with E-state index in [4.69, 9.17) is 0 Å². The van der Waals surface area contributed by atoms with Gasteiger partial charge in [-0.15, -0.1) is 11.3 Å². The fourth-order valence-electron chi connectivity index (χ4n) is 2.50. The van der Waals surface area contributed by atoms with Gasteiger partial charge >= 0.3 is 0 Å². The van der Waals surface area contributed by atoms with Gasteiger partial charge in [-0.1, -0.05) is 40.5 Å². The molecule has 0 saturated carbocycles. The maximum absolute atomic E-state index is 3.76. The van der Waals surface area contributed by atoms with E-state index in [1.54, 1.807) is 10.4 Å². The normalized spacial score (nSPS) is 13.2. The molecule has 1 heterocycles. The van der Waals surface area contributed by atoms with Crippen LogP contribution in [0, 0.1) is 5.92 Å². The lowest BCUT2D eigenvalue weighted by Gasteiger charge is -2.23. The first kappa shape index (κ1) is 15.7. The minimum Gasteiger partial charge on any atom is -0.309 e. The molecular formula is C16H29NS. The van der Waals surface area contributed by atoms with Gasteiger partial charge < -0.3 is 5.32 Å². The smallest absolute Gasteiger partial charge is 0.0420 e. The molecule has 0 aromatic carbocycles. The van der Waals surface area contributed by atoms with Gasteiger partial charge in [0.05, 0.1) is 0 Å². The van der Waals surface area contributed by atoms with E-state index in [9.17, 15) is 0 Å². The summed E-state index contributed by atoms with van der Waals surface area (Å²) in [6.45, 7) is 10.3. The summed E-state index contributed by atoms with van der Waals surface area (Å²) in [4.78, 5) is 1.58. The van der Waals surface area contributed by atoms with Crippen molar-refractivity contribution in [2.75, 3.05) is 6.54 Å². The minimum atomic E-state index is 0.574. The lowest BCUT2D eigenvalue weighted by Crippen LogP contribution is -2.24. The van der Waals surface area contributed by atoms with Crippen molar-refractivity contribution in [2.24, 2.45) is 5.92 Å². The second-order valence-corrected chi connectivity index (χ2v) is 6.04. The molecule has 104 valence electrons. The first-order chi connectivity index (χ1) is 8.76. The summed E-state index contributed by atoms with van der Waals surface area (Å²) < 4.78 is 0. The Morgan fingerprint density at radius 1 is 1.17 bits per heavy atom. The van der Waals surface area contributed by atoms with E-state index < -0.39 is 0 Å². The summed E-state index contributed by atoms with van der Waals surface area (Å²) in [5.41, 5.74) is 1.54. The van der Waals surface area contributed by atoms with E-state index >= 15 is 0 Å². The third-order valence-corrected chi connectivity index (χ3v) is 4.92. The molecule has 1 aromatic rings. The maximum Gasteiger partial charge on any atom is 0.0420 e. The topological polar surface area (TPSA) is 12.0 Å². The molecule has 0 bridgehead atoms. The number of aryl methyl sites for hydroxylation is 1. The quantitative estimate of drug-likeness (QED) is 0.650. The van der Waals surface area contributed by atoms with Crippen LogP contribution in [0.1, 0.15) is 69.9 Å². The van der Waals surface area contributed by atoms with Gasteiger partial charge in [0.2, 0.25) is 0 Å². The fourth-order valence-corrected chi connectivity index (χ4v) is 3.59. The molecule has 0 spiro atoms. The van der Waals surface area contributed by atoms with E-state index in [1.807, 2.05) is 11.3 Å². The molecule has 0 aliphatic heterocycles. The van der Waals surface area contributed by atoms with E-state index in [0.29, 0.717) is 6.04 Å². The predicted octanol–water partition coefficient (Wildman–Crippen LogP) is 5.18. The first-order valence-corrected chi connectivity index (χ1v) is 8.44. The Balaban J connectivity index is 2.76. The fraction of sp³-hybridized carbons (Fsp3) is 0.750. The maximum atomic E-state index is 3.76. The number of rotatable bonds is 9. The van der Waals surface area contributed by atoms with Crippen molar-refractivity contribution >= 4 is 11.3 Å². The van der Waals surface area contributed by atoms with E-state index in [1.165, 1.54) is 25.7 Å². The van der Waals surface area contributed by atoms with Crippen LogP contribution in [-0.4, -0.2) is 6.54 Å². The first-order valence-electron chi connectivity index (χ1n) is 7.56. The summed E-state index contributed by atoms with van der Waals surface area (Å²) in [5.74, 6) is 0.853. The van der Waals surface area contributed by atoms with Gasteiger partial charge in [0.15, 0.2) is 0 Å². The Morgan fingerprint density at radius 3 is 2.44 bits per heavy atom. The van der Waals surface area contributed by atoms with Gasteiger partial charge in [0, 0.05) is 10.9 Å². The van der Waals surface area contributed by atoms with E-state index in [2.05, 4.69) is 44.5 Å². The highest BCUT2D eigenvalue weighted by atomic mass is 32.1. The SMILES string of the molecule is CCCNC(CC(CC)CC)c1sccc1CC. The van der Waals surface area contributed by atoms with Crippen LogP contribution in [-0.2, 0) is 6.42 Å². The standard InChI is InChI=1S/C16H29NS/c1-5-10-17-15(12-13(6-2)7-3)16-14(8-4)9-11-18-16/h9,11,13,15,17H,5-8,10,12H2,1-4H3. The molecule has 0 radical (unpaired) electrons. The van der Waals surface area contributed by atoms with E-state index in [0.717, 1.165) is 18.9 Å². The predicted molar refractivity (Wildman–Crippen MR) is 83.4 cm³/mol. The molecule has 0 saturated heterocycles. The van der Waals surface area contributed by atoms with Gasteiger partial charge in [-0.3, -0.25) is 0 Å². The third kappa shape index (κ3) is 4.40. The monoisotopic (exact) mass is 267 g/mol. The average molecular weight is 267 g/mol. The zero-order valence-corrected chi connectivity index (χ0v) is 13.3. The highest BCUT2D eigenvalue weighted by Crippen LogP contribution is 2.31. The number of thiophene rings is 1. The molecule has 0 amide bonds. The van der Waals surface area contributed by atoms with Gasteiger partial charge in [-0.05, 0) is 48.7 Å². The summed E-state index contributed by atoms with van der Waals surface area (Å²) in [7, 11) is 0. The van der Waals surface area contributed by atoms with Crippen molar-refractivity contribution in [1.82, 2.24) is 5.32 Å². The van der Waals surface area contributed by atoms with Crippen molar-refractivity contribution in [3.05, 3.63) is 21.9 Å². The molecule has 18 heavy (non-hydrogen) atoms. The minimum absolute atomic E-state index is 0.574. The number of hydrogen-bond acceptors (Lipinski definition) is 2. The highest BCUT2D eigenvalue weighted by molar-refractivity contribution is 7.10. The number of nitrogens with one attached hydrogen (secondary N) is 1. The van der Waals surface area contributed by atoms with Gasteiger partial charge in [0.25, 0.3) is 0 Å². The molecular weight excluding hydrogens is 238 g/mol. The van der Waals surface area contributed by atoms with E-state index in [-0.39, 0.29) is 0 Å². The van der Waals surface area contributed by atoms with Crippen LogP contribution in [0.2, 0.25) is 0 Å². The third-order valence-electron chi connectivity index (χ3n) is 3.84. The Hall–Kier alpha value is -0.340. The second kappa shape index (κ2) is 8.71. The van der Waals surface area contributed by atoms with Crippen LogP contribution in [0.3, 0.4) is 0 Å². The molecule has 1 rings (SSSR count). The molecule has 0 aliphatic carbocycles. The van der Waals surface area contributed by atoms with Crippen molar-refractivity contribution in [3.63, 3.8) is 0 Å². The average Bonchev–Trinajstić information content (AvgIpc) is 2.87. The Labute approximate surface area is 117 Å². The number of hydrogen-bond donors (Lipinski definition) is 1. The Kier molecular flexibility index (Phi) is 7.60. The summed E-state index contributed by atoms with van der Waals surface area (Å²) >= 11 is 1.93. The molecule has 1 N–H and O–H groups in total. The molecule has 1 nitrogen and oxygen atoms in total. The van der Waals surface area contributed by atoms with Crippen LogP contribution >= 0.6 is 11.3 Å². The molecule has 1 unspecified atom stereocenters. The zero-order chi connectivity index (χ0) is 13.4. The van der Waals surface area contributed by atoms with Gasteiger partial charge in [-0.25, -0.2) is 0 Å². The Bertz CT molecular complexity index is 315. The largest absolute Gasteiger partial charge is 0.309 e. The summed E-state index contributed by atoms with van der Waals surface area (Å²) in [6, 6.07) is 2.87. The van der Waals surface area contributed by atoms with Crippen molar-refractivity contribution in [1.29, 1.82) is 0 Å². The van der Waals surface area contributed by atoms with Crippen molar-refractivity contribution < 1.29 is 0 Å². The second-order valence-electron chi connectivity index (χ2n) is 5.09. The van der Waals surface area contributed by atoms with Crippen molar-refractivity contribution in [2.45, 2.75) is 65.8 Å². The molecule has 2 heteroatoms. The molecule has 1 atom stereocenters. The highest BCUT2D eigenvalue weighted by Gasteiger charge is 2.18. The van der Waals surface area contributed by atoms with Crippen molar-refractivity contribution in [3.8, 4) is 0 Å². The zero-order valence-electron chi connectivity index (χ0n) is 12.5. The lowest BCUT2D eigenvalue weighted by molar-refractivity contribution is 0.373. The summed E-state index contributed by atoms with van der Waals surface area (Å²) in [5, 5.41) is 6.01. The molecule has 1 aromatic heterocycles. The van der Waals surface area contributed by atoms with Crippen LogP contribution in [0.5, 0.6) is 0 Å². The Morgan fingerprint density at radius 2 is 1.89 bits per heavy atom. The van der Waals surface area contributed by atoms with Crippen LogP contribution in [0.25, 0.3) is 0 Å². The van der Waals surface area contributed by atoms with Crippen LogP contribution < -0.4 is 5.32 Å². The van der Waals surface area contributed by atoms with Crippen LogP contribution in [0.15, 0.2) is 11.4 Å². The van der Waals surface area contributed by atoms with Crippen LogP contribution in [0.4, 0.5) is 0 Å². The van der Waals surface area contributed by atoms with Gasteiger partial charge in [0.1, 0.15) is 0 Å². The molecule has 0 aliphatic rings. The lowest BCUT2D eigenvalue weighted by atomic mass is 9.92.